The molecule has 2 amide bonds. The Morgan fingerprint density at radius 2 is 2.07 bits per heavy atom. The third-order valence-corrected chi connectivity index (χ3v) is 5.26. The van der Waals surface area contributed by atoms with Crippen molar-refractivity contribution in [3.05, 3.63) is 65.7 Å². The highest BCUT2D eigenvalue weighted by Crippen LogP contribution is 2.23. The first-order chi connectivity index (χ1) is 14.5. The molecule has 4 rings (SSSR count). The van der Waals surface area contributed by atoms with Crippen molar-refractivity contribution in [1.29, 1.82) is 0 Å². The molecule has 0 radical (unpaired) electrons. The van der Waals surface area contributed by atoms with Gasteiger partial charge in [-0.15, -0.1) is 0 Å². The van der Waals surface area contributed by atoms with Crippen LogP contribution in [0.15, 0.2) is 48.7 Å². The van der Waals surface area contributed by atoms with Crippen LogP contribution in [0, 0.1) is 18.7 Å². The summed E-state index contributed by atoms with van der Waals surface area (Å²) in [6, 6.07) is 11.4. The molecular formula is C22H22FN5O2. The number of hydrogen-bond donors (Lipinski definition) is 2. The second kappa shape index (κ2) is 8.44. The van der Waals surface area contributed by atoms with Gasteiger partial charge in [0.2, 0.25) is 5.91 Å². The molecule has 2 aromatic heterocycles. The van der Waals surface area contributed by atoms with Crippen LogP contribution < -0.4 is 5.32 Å². The van der Waals surface area contributed by atoms with E-state index in [1.54, 1.807) is 30.2 Å². The molecule has 0 saturated carbocycles. The van der Waals surface area contributed by atoms with Gasteiger partial charge in [-0.3, -0.25) is 19.7 Å². The van der Waals surface area contributed by atoms with E-state index >= 15 is 0 Å². The van der Waals surface area contributed by atoms with Gasteiger partial charge in [0.05, 0.1) is 11.6 Å². The minimum Gasteiger partial charge on any atom is -0.337 e. The number of aryl methyl sites for hydroxylation is 1. The third-order valence-electron chi connectivity index (χ3n) is 5.26. The highest BCUT2D eigenvalue weighted by atomic mass is 19.1. The number of carbonyl (C=O) groups excluding carboxylic acids is 2. The summed E-state index contributed by atoms with van der Waals surface area (Å²) in [5.74, 6) is -1.03. The van der Waals surface area contributed by atoms with Gasteiger partial charge in [0.1, 0.15) is 17.2 Å². The molecule has 1 atom stereocenters. The van der Waals surface area contributed by atoms with Gasteiger partial charge in [0, 0.05) is 25.0 Å². The van der Waals surface area contributed by atoms with Gasteiger partial charge >= 0.3 is 0 Å². The zero-order chi connectivity index (χ0) is 21.1. The fourth-order valence-corrected chi connectivity index (χ4v) is 3.62. The fraction of sp³-hybridized carbons (Fsp3) is 0.273. The Labute approximate surface area is 173 Å². The summed E-state index contributed by atoms with van der Waals surface area (Å²) in [7, 11) is 0. The Morgan fingerprint density at radius 3 is 2.83 bits per heavy atom. The Morgan fingerprint density at radius 1 is 1.20 bits per heavy atom. The van der Waals surface area contributed by atoms with Crippen LogP contribution in [0.1, 0.15) is 28.9 Å². The maximum Gasteiger partial charge on any atom is 0.271 e. The minimum atomic E-state index is -0.343. The quantitative estimate of drug-likeness (QED) is 0.693. The lowest BCUT2D eigenvalue weighted by atomic mass is 9.96. The first kappa shape index (κ1) is 19.8. The van der Waals surface area contributed by atoms with Gasteiger partial charge in [-0.1, -0.05) is 6.07 Å². The summed E-state index contributed by atoms with van der Waals surface area (Å²) in [5, 5.41) is 9.82. The molecule has 0 aliphatic carbocycles. The van der Waals surface area contributed by atoms with E-state index in [1.165, 1.54) is 12.1 Å². The monoisotopic (exact) mass is 407 g/mol. The number of aromatic amines is 1. The molecule has 0 unspecified atom stereocenters. The second-order valence-corrected chi connectivity index (χ2v) is 7.42. The van der Waals surface area contributed by atoms with Gasteiger partial charge in [-0.25, -0.2) is 4.39 Å². The van der Waals surface area contributed by atoms with Crippen LogP contribution in [0.25, 0.3) is 11.4 Å². The van der Waals surface area contributed by atoms with Crippen molar-refractivity contribution < 1.29 is 14.0 Å². The van der Waals surface area contributed by atoms with Gasteiger partial charge in [0.25, 0.3) is 5.91 Å². The van der Waals surface area contributed by atoms with Crippen LogP contribution in [0.4, 0.5) is 10.1 Å². The van der Waals surface area contributed by atoms with E-state index in [1.807, 2.05) is 18.2 Å². The maximum atomic E-state index is 13.3. The zero-order valence-corrected chi connectivity index (χ0v) is 16.6. The molecule has 0 spiro atoms. The number of rotatable bonds is 4. The molecule has 7 nitrogen and oxygen atoms in total. The first-order valence-corrected chi connectivity index (χ1v) is 9.84. The molecule has 1 aliphatic heterocycles. The van der Waals surface area contributed by atoms with Crippen LogP contribution in [-0.4, -0.2) is 45.0 Å². The highest BCUT2D eigenvalue weighted by Gasteiger charge is 2.30. The number of benzene rings is 1. The largest absolute Gasteiger partial charge is 0.337 e. The number of pyridine rings is 1. The van der Waals surface area contributed by atoms with Crippen LogP contribution in [-0.2, 0) is 4.79 Å². The molecule has 3 aromatic rings. The lowest BCUT2D eigenvalue weighted by molar-refractivity contribution is -0.121. The topological polar surface area (TPSA) is 91.0 Å². The molecule has 3 heterocycles. The molecule has 154 valence electrons. The van der Waals surface area contributed by atoms with E-state index in [2.05, 4.69) is 20.5 Å². The van der Waals surface area contributed by atoms with Crippen molar-refractivity contribution in [1.82, 2.24) is 20.1 Å². The number of hydrogen-bond acceptors (Lipinski definition) is 4. The molecule has 2 N–H and O–H groups in total. The van der Waals surface area contributed by atoms with Crippen LogP contribution in [0.2, 0.25) is 0 Å². The van der Waals surface area contributed by atoms with Crippen molar-refractivity contribution in [2.24, 2.45) is 5.92 Å². The van der Waals surface area contributed by atoms with Crippen molar-refractivity contribution in [3.63, 3.8) is 0 Å². The number of piperidine rings is 1. The number of nitrogens with zero attached hydrogens (tertiary/aromatic N) is 3. The zero-order valence-electron chi connectivity index (χ0n) is 16.6. The lowest BCUT2D eigenvalue weighted by Crippen LogP contribution is -2.44. The van der Waals surface area contributed by atoms with E-state index < -0.39 is 0 Å². The third kappa shape index (κ3) is 4.22. The van der Waals surface area contributed by atoms with E-state index in [4.69, 9.17) is 0 Å². The van der Waals surface area contributed by atoms with E-state index in [9.17, 15) is 14.0 Å². The summed E-state index contributed by atoms with van der Waals surface area (Å²) in [4.78, 5) is 31.6. The number of anilines is 1. The SMILES string of the molecule is Cc1cc(F)ccc1NC(=O)[C@H]1CCCN(C(=O)c2cc(-c3ccccn3)n[nH]2)C1. The molecule has 1 saturated heterocycles. The summed E-state index contributed by atoms with van der Waals surface area (Å²) in [6.45, 7) is 2.64. The first-order valence-electron chi connectivity index (χ1n) is 9.84. The van der Waals surface area contributed by atoms with Crippen molar-refractivity contribution >= 4 is 17.5 Å². The second-order valence-electron chi connectivity index (χ2n) is 7.42. The number of aromatic nitrogens is 3. The summed E-state index contributed by atoms with van der Waals surface area (Å²) < 4.78 is 13.3. The van der Waals surface area contributed by atoms with Gasteiger partial charge < -0.3 is 10.2 Å². The van der Waals surface area contributed by atoms with Crippen LogP contribution in [0.5, 0.6) is 0 Å². The molecular weight excluding hydrogens is 385 g/mol. The number of halogens is 1. The predicted molar refractivity (Wildman–Crippen MR) is 110 cm³/mol. The summed E-state index contributed by atoms with van der Waals surface area (Å²) in [6.07, 6.45) is 3.09. The Kier molecular flexibility index (Phi) is 5.56. The van der Waals surface area contributed by atoms with Gasteiger partial charge in [-0.05, 0) is 61.7 Å². The highest BCUT2D eigenvalue weighted by molar-refractivity contribution is 5.96. The van der Waals surface area contributed by atoms with Crippen LogP contribution in [0.3, 0.4) is 0 Å². The number of nitrogens with one attached hydrogen (secondary N) is 2. The van der Waals surface area contributed by atoms with Crippen molar-refractivity contribution in [3.8, 4) is 11.4 Å². The van der Waals surface area contributed by atoms with E-state index in [0.29, 0.717) is 47.8 Å². The van der Waals surface area contributed by atoms with Gasteiger partial charge in [0.15, 0.2) is 0 Å². The fourth-order valence-electron chi connectivity index (χ4n) is 3.62. The van der Waals surface area contributed by atoms with Gasteiger partial charge in [-0.2, -0.15) is 5.10 Å². The predicted octanol–water partition coefficient (Wildman–Crippen LogP) is 3.41. The molecule has 1 aromatic carbocycles. The van der Waals surface area contributed by atoms with E-state index in [-0.39, 0.29) is 23.5 Å². The maximum absolute atomic E-state index is 13.3. The summed E-state index contributed by atoms with van der Waals surface area (Å²) in [5.41, 5.74) is 2.88. The average molecular weight is 407 g/mol. The average Bonchev–Trinajstić information content (AvgIpc) is 3.26. The molecule has 8 heteroatoms. The normalized spacial score (nSPS) is 16.3. The Balaban J connectivity index is 1.43. The smallest absolute Gasteiger partial charge is 0.271 e. The molecule has 1 fully saturated rings. The molecule has 30 heavy (non-hydrogen) atoms. The van der Waals surface area contributed by atoms with Crippen molar-refractivity contribution in [2.45, 2.75) is 19.8 Å². The molecule has 0 bridgehead atoms. The number of likely N-dealkylation sites (tertiary alicyclic amines) is 1. The number of carbonyl (C=O) groups is 2. The standard InChI is InChI=1S/C22H22FN5O2/c1-14-11-16(23)7-8-17(14)25-21(29)15-5-4-10-28(13-15)22(30)20-12-19(26-27-20)18-6-2-3-9-24-18/h2-3,6-9,11-12,15H,4-5,10,13H2,1H3,(H,25,29)(H,26,27)/t15-/m0/s1. The molecule has 1 aliphatic rings. The lowest BCUT2D eigenvalue weighted by Gasteiger charge is -2.31. The number of H-pyrrole nitrogens is 1. The Bertz CT molecular complexity index is 1070. The van der Waals surface area contributed by atoms with Crippen LogP contribution >= 0.6 is 0 Å². The van der Waals surface area contributed by atoms with Crippen molar-refractivity contribution in [2.75, 3.05) is 18.4 Å². The number of amides is 2. The minimum absolute atomic E-state index is 0.166. The summed E-state index contributed by atoms with van der Waals surface area (Å²) >= 11 is 0. The Hall–Kier alpha value is -3.55. The van der Waals surface area contributed by atoms with E-state index in [0.717, 1.165) is 6.42 Å².